The predicted octanol–water partition coefficient (Wildman–Crippen LogP) is 1.12. The highest BCUT2D eigenvalue weighted by atomic mass is 16.6. The first kappa shape index (κ1) is 7.80. The van der Waals surface area contributed by atoms with Crippen molar-refractivity contribution < 1.29 is 14.3 Å². The largest absolute Gasteiger partial charge is 0.465 e. The number of ether oxygens (including phenoxy) is 2. The van der Waals surface area contributed by atoms with Gasteiger partial charge < -0.3 is 9.47 Å². The molecular formula is C10H14O3. The van der Waals surface area contributed by atoms with Crippen LogP contribution in [0.3, 0.4) is 0 Å². The molecule has 0 spiro atoms. The van der Waals surface area contributed by atoms with Gasteiger partial charge in [-0.3, -0.25) is 4.79 Å². The number of carbonyl (C=O) groups excluding carboxylic acids is 1. The Balaban J connectivity index is 2.10. The average Bonchev–Trinajstić information content (AvgIpc) is 2.63. The van der Waals surface area contributed by atoms with Crippen molar-refractivity contribution in [1.29, 1.82) is 0 Å². The van der Waals surface area contributed by atoms with Crippen LogP contribution in [0.5, 0.6) is 0 Å². The fourth-order valence-corrected chi connectivity index (χ4v) is 3.34. The van der Waals surface area contributed by atoms with Gasteiger partial charge in [0.25, 0.3) is 0 Å². The monoisotopic (exact) mass is 182 g/mol. The Kier molecular flexibility index (Phi) is 1.15. The Morgan fingerprint density at radius 3 is 2.92 bits per heavy atom. The van der Waals surface area contributed by atoms with Crippen LogP contribution < -0.4 is 0 Å². The fourth-order valence-electron chi connectivity index (χ4n) is 3.34. The molecule has 3 heteroatoms. The fraction of sp³-hybridized carbons (Fsp3) is 0.900. The second-order valence-electron chi connectivity index (χ2n) is 4.89. The topological polar surface area (TPSA) is 35.5 Å². The standard InChI is InChI=1S/C10H14O3/c1-9-4-3-7(13-9)10(2)6(9)5-12-8(10)11/h6-7H,3-5H2,1-2H3/t6-,7-,9+,10+/m1/s1. The maximum absolute atomic E-state index is 11.6. The van der Waals surface area contributed by atoms with Crippen LogP contribution in [0.2, 0.25) is 0 Å². The number of rotatable bonds is 0. The van der Waals surface area contributed by atoms with E-state index in [1.54, 1.807) is 0 Å². The molecule has 0 amide bonds. The van der Waals surface area contributed by atoms with Crippen LogP contribution in [0.4, 0.5) is 0 Å². The molecule has 3 saturated heterocycles. The lowest BCUT2D eigenvalue weighted by molar-refractivity contribution is -0.149. The summed E-state index contributed by atoms with van der Waals surface area (Å²) in [7, 11) is 0. The highest BCUT2D eigenvalue weighted by Crippen LogP contribution is 2.60. The molecule has 3 fully saturated rings. The van der Waals surface area contributed by atoms with Crippen LogP contribution in [0.15, 0.2) is 0 Å². The molecule has 0 aromatic carbocycles. The van der Waals surface area contributed by atoms with E-state index in [2.05, 4.69) is 6.92 Å². The average molecular weight is 182 g/mol. The minimum atomic E-state index is -0.340. The Morgan fingerprint density at radius 2 is 2.23 bits per heavy atom. The van der Waals surface area contributed by atoms with E-state index in [1.165, 1.54) is 0 Å². The Hall–Kier alpha value is -0.570. The SMILES string of the molecule is C[C@]12C(=O)OC[C@@H]1[C@]1(C)CC[C@H]2O1. The number of esters is 1. The summed E-state index contributed by atoms with van der Waals surface area (Å²) in [4.78, 5) is 11.6. The highest BCUT2D eigenvalue weighted by molar-refractivity contribution is 5.80. The second-order valence-corrected chi connectivity index (χ2v) is 4.89. The minimum absolute atomic E-state index is 0.0501. The van der Waals surface area contributed by atoms with E-state index in [0.29, 0.717) is 6.61 Å². The normalized spacial score (nSPS) is 58.2. The van der Waals surface area contributed by atoms with Crippen LogP contribution in [-0.2, 0) is 14.3 Å². The van der Waals surface area contributed by atoms with Gasteiger partial charge in [-0.05, 0) is 26.7 Å². The lowest BCUT2D eigenvalue weighted by Crippen LogP contribution is -2.43. The molecule has 0 radical (unpaired) electrons. The molecule has 3 heterocycles. The van der Waals surface area contributed by atoms with E-state index in [1.807, 2.05) is 6.92 Å². The third-order valence-corrected chi connectivity index (χ3v) is 4.27. The van der Waals surface area contributed by atoms with Crippen molar-refractivity contribution in [3.8, 4) is 0 Å². The van der Waals surface area contributed by atoms with Crippen LogP contribution in [0.25, 0.3) is 0 Å². The molecule has 3 aliphatic heterocycles. The summed E-state index contributed by atoms with van der Waals surface area (Å²) >= 11 is 0. The van der Waals surface area contributed by atoms with E-state index < -0.39 is 0 Å². The summed E-state index contributed by atoms with van der Waals surface area (Å²) < 4.78 is 11.0. The maximum atomic E-state index is 11.6. The van der Waals surface area contributed by atoms with Gasteiger partial charge in [0.1, 0.15) is 5.41 Å². The van der Waals surface area contributed by atoms with Gasteiger partial charge in [0.15, 0.2) is 0 Å². The number of hydrogen-bond acceptors (Lipinski definition) is 3. The molecule has 3 rings (SSSR count). The lowest BCUT2D eigenvalue weighted by atomic mass is 9.65. The molecule has 0 N–H and O–H groups in total. The maximum Gasteiger partial charge on any atom is 0.314 e. The molecule has 0 aliphatic carbocycles. The van der Waals surface area contributed by atoms with Gasteiger partial charge in [-0.2, -0.15) is 0 Å². The summed E-state index contributed by atoms with van der Waals surface area (Å²) in [5.41, 5.74) is -0.432. The van der Waals surface area contributed by atoms with Gasteiger partial charge in [-0.25, -0.2) is 0 Å². The number of cyclic esters (lactones) is 1. The van der Waals surface area contributed by atoms with E-state index in [0.717, 1.165) is 12.8 Å². The zero-order chi connectivity index (χ0) is 9.27. The molecular weight excluding hydrogens is 168 g/mol. The van der Waals surface area contributed by atoms with Crippen molar-refractivity contribution in [3.63, 3.8) is 0 Å². The van der Waals surface area contributed by atoms with Gasteiger partial charge in [-0.15, -0.1) is 0 Å². The smallest absolute Gasteiger partial charge is 0.314 e. The first-order valence-electron chi connectivity index (χ1n) is 4.92. The minimum Gasteiger partial charge on any atom is -0.465 e. The third-order valence-electron chi connectivity index (χ3n) is 4.27. The van der Waals surface area contributed by atoms with Crippen LogP contribution in [0, 0.1) is 11.3 Å². The quantitative estimate of drug-likeness (QED) is 0.526. The van der Waals surface area contributed by atoms with E-state index in [9.17, 15) is 4.79 Å². The molecule has 3 aliphatic rings. The van der Waals surface area contributed by atoms with Crippen molar-refractivity contribution in [3.05, 3.63) is 0 Å². The number of fused-ring (bicyclic) bond motifs is 5. The van der Waals surface area contributed by atoms with Crippen molar-refractivity contribution in [1.82, 2.24) is 0 Å². The molecule has 0 unspecified atom stereocenters. The van der Waals surface area contributed by atoms with Crippen LogP contribution in [0.1, 0.15) is 26.7 Å². The van der Waals surface area contributed by atoms with Crippen molar-refractivity contribution in [2.45, 2.75) is 38.4 Å². The number of hydrogen-bond donors (Lipinski definition) is 0. The molecule has 0 aromatic heterocycles. The molecule has 2 bridgehead atoms. The Bertz CT molecular complexity index is 288. The van der Waals surface area contributed by atoms with Crippen molar-refractivity contribution >= 4 is 5.97 Å². The van der Waals surface area contributed by atoms with Crippen molar-refractivity contribution in [2.75, 3.05) is 6.61 Å². The van der Waals surface area contributed by atoms with Gasteiger partial charge >= 0.3 is 5.97 Å². The molecule has 13 heavy (non-hydrogen) atoms. The summed E-state index contributed by atoms with van der Waals surface area (Å²) in [6.45, 7) is 4.68. The summed E-state index contributed by atoms with van der Waals surface area (Å²) in [6.07, 6.45) is 2.20. The first-order valence-corrected chi connectivity index (χ1v) is 4.92. The highest BCUT2D eigenvalue weighted by Gasteiger charge is 2.70. The lowest BCUT2D eigenvalue weighted by Gasteiger charge is -2.31. The van der Waals surface area contributed by atoms with Gasteiger partial charge in [0, 0.05) is 5.92 Å². The summed E-state index contributed by atoms with van der Waals surface area (Å²) in [5, 5.41) is 0. The predicted molar refractivity (Wildman–Crippen MR) is 45.1 cm³/mol. The van der Waals surface area contributed by atoms with Gasteiger partial charge in [0.05, 0.1) is 18.3 Å². The molecule has 3 nitrogen and oxygen atoms in total. The van der Waals surface area contributed by atoms with Crippen LogP contribution in [-0.4, -0.2) is 24.3 Å². The van der Waals surface area contributed by atoms with E-state index in [-0.39, 0.29) is 29.0 Å². The molecule has 4 atom stereocenters. The molecule has 0 aromatic rings. The summed E-state index contributed by atoms with van der Waals surface area (Å²) in [6, 6.07) is 0. The first-order chi connectivity index (χ1) is 6.07. The zero-order valence-electron chi connectivity index (χ0n) is 8.00. The Morgan fingerprint density at radius 1 is 1.46 bits per heavy atom. The zero-order valence-corrected chi connectivity index (χ0v) is 8.00. The van der Waals surface area contributed by atoms with Crippen molar-refractivity contribution in [2.24, 2.45) is 11.3 Å². The second kappa shape index (κ2) is 1.92. The molecule has 72 valence electrons. The van der Waals surface area contributed by atoms with E-state index >= 15 is 0 Å². The Labute approximate surface area is 77.4 Å². The van der Waals surface area contributed by atoms with Gasteiger partial charge in [-0.1, -0.05) is 0 Å². The third kappa shape index (κ3) is 0.654. The van der Waals surface area contributed by atoms with Crippen LogP contribution >= 0.6 is 0 Å². The number of carbonyl (C=O) groups is 1. The van der Waals surface area contributed by atoms with Gasteiger partial charge in [0.2, 0.25) is 0 Å². The summed E-state index contributed by atoms with van der Waals surface area (Å²) in [5.74, 6) is 0.233. The molecule has 0 saturated carbocycles. The van der Waals surface area contributed by atoms with E-state index in [4.69, 9.17) is 9.47 Å².